The van der Waals surface area contributed by atoms with Crippen molar-refractivity contribution >= 4 is 11.6 Å². The molecule has 7 heteroatoms. The molecule has 7 nitrogen and oxygen atoms in total. The third kappa shape index (κ3) is 1.93. The molecular formula is C16H14O7. The molecule has 1 aromatic carbocycles. The Morgan fingerprint density at radius 3 is 2.35 bits per heavy atom. The molecule has 0 unspecified atom stereocenters. The summed E-state index contributed by atoms with van der Waals surface area (Å²) in [4.78, 5) is 25.5. The maximum atomic E-state index is 12.9. The molecule has 23 heavy (non-hydrogen) atoms. The minimum Gasteiger partial charge on any atom is -0.507 e. The van der Waals surface area contributed by atoms with E-state index in [1.807, 2.05) is 0 Å². The molecule has 0 radical (unpaired) electrons. The van der Waals surface area contributed by atoms with E-state index >= 15 is 0 Å². The first-order valence-electron chi connectivity index (χ1n) is 6.79. The molecule has 0 amide bonds. The SMILES string of the molecule is COc1cc(O)c2c(c1OC)C(=O)c1c(coc1[C@@H](C)O)C2=O. The van der Waals surface area contributed by atoms with Crippen molar-refractivity contribution in [3.8, 4) is 17.2 Å². The molecule has 0 fully saturated rings. The highest BCUT2D eigenvalue weighted by atomic mass is 16.5. The zero-order chi connectivity index (χ0) is 16.9. The number of carbonyl (C=O) groups is 2. The molecule has 120 valence electrons. The fourth-order valence-electron chi connectivity index (χ4n) is 2.77. The van der Waals surface area contributed by atoms with Crippen molar-refractivity contribution in [2.45, 2.75) is 13.0 Å². The molecule has 1 heterocycles. The van der Waals surface area contributed by atoms with Crippen LogP contribution in [0.1, 0.15) is 50.6 Å². The normalized spacial score (nSPS) is 14.3. The predicted molar refractivity (Wildman–Crippen MR) is 77.4 cm³/mol. The molecular weight excluding hydrogens is 304 g/mol. The van der Waals surface area contributed by atoms with Crippen molar-refractivity contribution < 1.29 is 33.7 Å². The van der Waals surface area contributed by atoms with E-state index in [4.69, 9.17) is 13.9 Å². The first kappa shape index (κ1) is 15.1. The third-order valence-corrected chi connectivity index (χ3v) is 3.77. The van der Waals surface area contributed by atoms with Crippen molar-refractivity contribution in [1.82, 2.24) is 0 Å². The van der Waals surface area contributed by atoms with Crippen LogP contribution in [0.2, 0.25) is 0 Å². The van der Waals surface area contributed by atoms with Gasteiger partial charge >= 0.3 is 0 Å². The lowest BCUT2D eigenvalue weighted by Gasteiger charge is -2.20. The van der Waals surface area contributed by atoms with Crippen LogP contribution >= 0.6 is 0 Å². The van der Waals surface area contributed by atoms with E-state index in [2.05, 4.69) is 0 Å². The number of aromatic hydroxyl groups is 1. The quantitative estimate of drug-likeness (QED) is 0.758. The summed E-state index contributed by atoms with van der Waals surface area (Å²) in [5.74, 6) is -1.39. The maximum Gasteiger partial charge on any atom is 0.202 e. The van der Waals surface area contributed by atoms with Crippen molar-refractivity contribution in [3.05, 3.63) is 40.3 Å². The Balaban J connectivity index is 2.37. The summed E-state index contributed by atoms with van der Waals surface area (Å²) in [5, 5.41) is 19.9. The number of furan rings is 1. The van der Waals surface area contributed by atoms with Crippen LogP contribution in [-0.2, 0) is 0 Å². The number of ether oxygens (including phenoxy) is 2. The monoisotopic (exact) mass is 318 g/mol. The zero-order valence-electron chi connectivity index (χ0n) is 12.7. The lowest BCUT2D eigenvalue weighted by molar-refractivity contribution is 0.0969. The highest BCUT2D eigenvalue weighted by Gasteiger charge is 2.40. The van der Waals surface area contributed by atoms with Crippen LogP contribution in [0.5, 0.6) is 17.2 Å². The fourth-order valence-corrected chi connectivity index (χ4v) is 2.77. The Bertz CT molecular complexity index is 829. The van der Waals surface area contributed by atoms with Gasteiger partial charge in [0.05, 0.1) is 36.5 Å². The van der Waals surface area contributed by atoms with E-state index in [-0.39, 0.29) is 45.3 Å². The summed E-state index contributed by atoms with van der Waals surface area (Å²) >= 11 is 0. The molecule has 0 bridgehead atoms. The average Bonchev–Trinajstić information content (AvgIpc) is 2.97. The second-order valence-corrected chi connectivity index (χ2v) is 5.10. The van der Waals surface area contributed by atoms with Crippen LogP contribution in [-0.4, -0.2) is 36.0 Å². The molecule has 1 aliphatic rings. The van der Waals surface area contributed by atoms with Gasteiger partial charge in [-0.1, -0.05) is 0 Å². The Kier molecular flexibility index (Phi) is 3.37. The van der Waals surface area contributed by atoms with Gasteiger partial charge in [0.15, 0.2) is 11.5 Å². The van der Waals surface area contributed by atoms with Crippen LogP contribution in [0.3, 0.4) is 0 Å². The number of fused-ring (bicyclic) bond motifs is 2. The standard InChI is InChI=1S/C16H14O7/c1-6(17)15-10-7(5-23-15)13(19)11-8(18)4-9(21-2)16(22-3)12(11)14(10)20/h4-6,17-18H,1-3H3/t6-/m1/s1. The van der Waals surface area contributed by atoms with Crippen molar-refractivity contribution in [3.63, 3.8) is 0 Å². The van der Waals surface area contributed by atoms with Crippen LogP contribution in [0.4, 0.5) is 0 Å². The number of benzene rings is 1. The summed E-state index contributed by atoms with van der Waals surface area (Å²) in [6, 6.07) is 1.21. The second kappa shape index (κ2) is 5.13. The van der Waals surface area contributed by atoms with Gasteiger partial charge in [-0.05, 0) is 6.92 Å². The molecule has 0 aliphatic heterocycles. The van der Waals surface area contributed by atoms with Crippen molar-refractivity contribution in [2.24, 2.45) is 0 Å². The van der Waals surface area contributed by atoms with Gasteiger partial charge < -0.3 is 24.1 Å². The van der Waals surface area contributed by atoms with Crippen molar-refractivity contribution in [2.75, 3.05) is 14.2 Å². The fraction of sp³-hybridized carbons (Fsp3) is 0.250. The van der Waals surface area contributed by atoms with Gasteiger partial charge in [-0.25, -0.2) is 0 Å². The molecule has 2 aromatic rings. The lowest BCUT2D eigenvalue weighted by atomic mass is 9.83. The number of rotatable bonds is 3. The number of carbonyl (C=O) groups excluding carboxylic acids is 2. The van der Waals surface area contributed by atoms with Gasteiger partial charge in [0.2, 0.25) is 11.6 Å². The van der Waals surface area contributed by atoms with Crippen molar-refractivity contribution in [1.29, 1.82) is 0 Å². The Hall–Kier alpha value is -2.80. The molecule has 0 saturated heterocycles. The Morgan fingerprint density at radius 2 is 1.78 bits per heavy atom. The number of hydrogen-bond acceptors (Lipinski definition) is 7. The predicted octanol–water partition coefficient (Wildman–Crippen LogP) is 1.83. The second-order valence-electron chi connectivity index (χ2n) is 5.10. The molecule has 2 N–H and O–H groups in total. The minimum absolute atomic E-state index is 0.000852. The van der Waals surface area contributed by atoms with Crippen LogP contribution in [0, 0.1) is 0 Å². The van der Waals surface area contributed by atoms with E-state index in [0.717, 1.165) is 6.26 Å². The van der Waals surface area contributed by atoms with Crippen LogP contribution in [0.15, 0.2) is 16.7 Å². The minimum atomic E-state index is -1.07. The van der Waals surface area contributed by atoms with Gasteiger partial charge in [0.1, 0.15) is 23.9 Å². The number of phenols is 1. The number of phenolic OH excluding ortho intramolecular Hbond substituents is 1. The van der Waals surface area contributed by atoms with Gasteiger partial charge in [-0.3, -0.25) is 9.59 Å². The first-order valence-corrected chi connectivity index (χ1v) is 6.79. The topological polar surface area (TPSA) is 106 Å². The molecule has 3 rings (SSSR count). The van der Waals surface area contributed by atoms with E-state index in [1.165, 1.54) is 27.2 Å². The van der Waals surface area contributed by atoms with Crippen LogP contribution < -0.4 is 9.47 Å². The molecule has 1 aliphatic carbocycles. The van der Waals surface area contributed by atoms with E-state index < -0.39 is 17.7 Å². The first-order chi connectivity index (χ1) is 10.9. The van der Waals surface area contributed by atoms with Gasteiger partial charge in [0, 0.05) is 6.07 Å². The highest BCUT2D eigenvalue weighted by molar-refractivity contribution is 6.30. The number of ketones is 2. The molecule has 0 saturated carbocycles. The van der Waals surface area contributed by atoms with Gasteiger partial charge in [-0.15, -0.1) is 0 Å². The van der Waals surface area contributed by atoms with Gasteiger partial charge in [-0.2, -0.15) is 0 Å². The van der Waals surface area contributed by atoms with E-state index in [9.17, 15) is 19.8 Å². The summed E-state index contributed by atoms with van der Waals surface area (Å²) in [7, 11) is 2.68. The lowest BCUT2D eigenvalue weighted by Crippen LogP contribution is -2.22. The summed E-state index contributed by atoms with van der Waals surface area (Å²) < 4.78 is 15.5. The zero-order valence-corrected chi connectivity index (χ0v) is 12.7. The third-order valence-electron chi connectivity index (χ3n) is 3.77. The smallest absolute Gasteiger partial charge is 0.202 e. The Labute approximate surface area is 131 Å². The van der Waals surface area contributed by atoms with Gasteiger partial charge in [0.25, 0.3) is 0 Å². The summed E-state index contributed by atoms with van der Waals surface area (Å²) in [6.45, 7) is 1.42. The molecule has 0 spiro atoms. The highest BCUT2D eigenvalue weighted by Crippen LogP contribution is 2.45. The van der Waals surface area contributed by atoms with Crippen LogP contribution in [0.25, 0.3) is 0 Å². The Morgan fingerprint density at radius 1 is 1.09 bits per heavy atom. The molecule has 1 atom stereocenters. The van der Waals surface area contributed by atoms with E-state index in [1.54, 1.807) is 0 Å². The number of methoxy groups -OCH3 is 2. The average molecular weight is 318 g/mol. The number of hydrogen-bond donors (Lipinski definition) is 2. The van der Waals surface area contributed by atoms with E-state index in [0.29, 0.717) is 0 Å². The maximum absolute atomic E-state index is 12.9. The largest absolute Gasteiger partial charge is 0.507 e. The summed E-state index contributed by atoms with van der Waals surface area (Å²) in [5.41, 5.74) is -0.299. The summed E-state index contributed by atoms with van der Waals surface area (Å²) in [6.07, 6.45) is 0.0405. The number of aliphatic hydroxyl groups is 1. The number of aliphatic hydroxyl groups excluding tert-OH is 1. The molecule has 1 aromatic heterocycles.